The molecule has 4 rings (SSSR count). The van der Waals surface area contributed by atoms with E-state index in [-0.39, 0.29) is 12.1 Å². The van der Waals surface area contributed by atoms with Gasteiger partial charge >= 0.3 is 0 Å². The van der Waals surface area contributed by atoms with Crippen molar-refractivity contribution in [3.8, 4) is 0 Å². The fraction of sp³-hybridized carbons (Fsp3) is 0.190. The van der Waals surface area contributed by atoms with E-state index in [1.807, 2.05) is 48.2 Å². The van der Waals surface area contributed by atoms with E-state index >= 15 is 0 Å². The number of hydrogen-bond acceptors (Lipinski definition) is 3. The number of aryl methyl sites for hydroxylation is 2. The molecule has 0 aliphatic carbocycles. The highest BCUT2D eigenvalue weighted by atomic mass is 16.3. The van der Waals surface area contributed by atoms with Crippen LogP contribution in [0.4, 0.5) is 5.69 Å². The van der Waals surface area contributed by atoms with Gasteiger partial charge in [0.15, 0.2) is 6.17 Å². The third kappa shape index (κ3) is 2.91. The van der Waals surface area contributed by atoms with Crippen LogP contribution in [0.25, 0.3) is 0 Å². The van der Waals surface area contributed by atoms with Gasteiger partial charge in [-0.2, -0.15) is 0 Å². The predicted octanol–water partition coefficient (Wildman–Crippen LogP) is 4.66. The molecule has 1 aliphatic heterocycles. The minimum Gasteiger partial charge on any atom is -0.462 e. The molecule has 25 heavy (non-hydrogen) atoms. The Morgan fingerprint density at radius 1 is 1.00 bits per heavy atom. The number of fused-ring (bicyclic) bond motifs is 1. The molecule has 0 unspecified atom stereocenters. The van der Waals surface area contributed by atoms with E-state index in [2.05, 4.69) is 36.5 Å². The number of nitrogens with one attached hydrogen (secondary N) is 1. The maximum atomic E-state index is 13.1. The van der Waals surface area contributed by atoms with Crippen molar-refractivity contribution in [2.24, 2.45) is 0 Å². The number of para-hydroxylation sites is 1. The highest BCUT2D eigenvalue weighted by Crippen LogP contribution is 2.34. The first-order valence-electron chi connectivity index (χ1n) is 8.40. The topological polar surface area (TPSA) is 45.5 Å². The van der Waals surface area contributed by atoms with Crippen LogP contribution < -0.4 is 5.32 Å². The van der Waals surface area contributed by atoms with E-state index in [9.17, 15) is 4.79 Å². The van der Waals surface area contributed by atoms with Gasteiger partial charge in [0.2, 0.25) is 0 Å². The molecule has 0 radical (unpaired) electrons. The molecule has 4 nitrogen and oxygen atoms in total. The SMILES string of the molecule is Cc1ccc(CN2C(=O)c3ccccc3N[C@@H]2c2ccc(C)o2)cc1. The molecule has 1 atom stereocenters. The zero-order valence-corrected chi connectivity index (χ0v) is 14.3. The van der Waals surface area contributed by atoms with Crippen molar-refractivity contribution in [2.45, 2.75) is 26.6 Å². The van der Waals surface area contributed by atoms with Crippen LogP contribution in [0.15, 0.2) is 65.1 Å². The van der Waals surface area contributed by atoms with Gasteiger partial charge in [-0.05, 0) is 43.7 Å². The fourth-order valence-electron chi connectivity index (χ4n) is 3.17. The van der Waals surface area contributed by atoms with Crippen LogP contribution in [0.5, 0.6) is 0 Å². The van der Waals surface area contributed by atoms with Crippen molar-refractivity contribution in [1.29, 1.82) is 0 Å². The van der Waals surface area contributed by atoms with Crippen LogP contribution in [0.3, 0.4) is 0 Å². The Morgan fingerprint density at radius 3 is 2.48 bits per heavy atom. The summed E-state index contributed by atoms with van der Waals surface area (Å²) < 4.78 is 5.82. The van der Waals surface area contributed by atoms with Gasteiger partial charge in [-0.25, -0.2) is 0 Å². The largest absolute Gasteiger partial charge is 0.462 e. The minimum atomic E-state index is -0.322. The van der Waals surface area contributed by atoms with Crippen LogP contribution in [-0.4, -0.2) is 10.8 Å². The molecule has 2 aromatic carbocycles. The molecule has 126 valence electrons. The van der Waals surface area contributed by atoms with E-state index in [1.165, 1.54) is 5.56 Å². The third-order valence-electron chi connectivity index (χ3n) is 4.53. The van der Waals surface area contributed by atoms with Gasteiger partial charge in [-0.3, -0.25) is 4.79 Å². The normalized spacial score (nSPS) is 16.5. The van der Waals surface area contributed by atoms with Gasteiger partial charge in [0, 0.05) is 12.2 Å². The number of furan rings is 1. The van der Waals surface area contributed by atoms with E-state index in [4.69, 9.17) is 4.42 Å². The highest BCUT2D eigenvalue weighted by Gasteiger charge is 2.34. The summed E-state index contributed by atoms with van der Waals surface area (Å²) in [5, 5.41) is 3.45. The first-order chi connectivity index (χ1) is 12.1. The van der Waals surface area contributed by atoms with E-state index in [0.29, 0.717) is 12.1 Å². The van der Waals surface area contributed by atoms with E-state index in [0.717, 1.165) is 22.8 Å². The summed E-state index contributed by atoms with van der Waals surface area (Å²) in [5.74, 6) is 1.58. The molecule has 1 aromatic heterocycles. The monoisotopic (exact) mass is 332 g/mol. The number of benzene rings is 2. The molecule has 0 spiro atoms. The van der Waals surface area contributed by atoms with Crippen LogP contribution in [0.2, 0.25) is 0 Å². The maximum absolute atomic E-state index is 13.1. The first-order valence-corrected chi connectivity index (χ1v) is 8.40. The van der Waals surface area contributed by atoms with Gasteiger partial charge < -0.3 is 14.6 Å². The second-order valence-corrected chi connectivity index (χ2v) is 6.46. The lowest BCUT2D eigenvalue weighted by molar-refractivity contribution is 0.0644. The molecule has 1 amide bonds. The molecule has 3 aromatic rings. The van der Waals surface area contributed by atoms with Crippen molar-refractivity contribution in [1.82, 2.24) is 4.90 Å². The summed E-state index contributed by atoms with van der Waals surface area (Å²) in [6.45, 7) is 4.49. The van der Waals surface area contributed by atoms with Gasteiger partial charge in [-0.1, -0.05) is 42.0 Å². The van der Waals surface area contributed by atoms with Crippen molar-refractivity contribution in [3.63, 3.8) is 0 Å². The Hall–Kier alpha value is -3.01. The van der Waals surface area contributed by atoms with Crippen molar-refractivity contribution in [3.05, 3.63) is 88.9 Å². The predicted molar refractivity (Wildman–Crippen MR) is 97.3 cm³/mol. The summed E-state index contributed by atoms with van der Waals surface area (Å²) in [6, 6.07) is 19.7. The molecule has 4 heteroatoms. The van der Waals surface area contributed by atoms with Gasteiger partial charge in [0.1, 0.15) is 11.5 Å². The Balaban J connectivity index is 1.74. The minimum absolute atomic E-state index is 0.00831. The molecule has 1 aliphatic rings. The van der Waals surface area contributed by atoms with Crippen LogP contribution in [0.1, 0.15) is 39.2 Å². The fourth-order valence-corrected chi connectivity index (χ4v) is 3.17. The number of nitrogens with zero attached hydrogens (tertiary/aromatic N) is 1. The second kappa shape index (κ2) is 6.13. The Kier molecular flexibility index (Phi) is 3.80. The van der Waals surface area contributed by atoms with Crippen LogP contribution in [-0.2, 0) is 6.54 Å². The van der Waals surface area contributed by atoms with Gasteiger partial charge in [0.05, 0.1) is 5.56 Å². The van der Waals surface area contributed by atoms with Crippen molar-refractivity contribution < 1.29 is 9.21 Å². The average molecular weight is 332 g/mol. The van der Waals surface area contributed by atoms with Crippen LogP contribution in [0, 0.1) is 13.8 Å². The molecule has 2 heterocycles. The number of carbonyl (C=O) groups excluding carboxylic acids is 1. The molecular weight excluding hydrogens is 312 g/mol. The standard InChI is InChI=1S/C21H20N2O2/c1-14-7-10-16(11-8-14)13-23-20(19-12-9-15(2)25-19)22-18-6-4-3-5-17(18)21(23)24/h3-12,20,22H,13H2,1-2H3/t20-/m0/s1. The number of hydrogen-bond donors (Lipinski definition) is 1. The van der Waals surface area contributed by atoms with Crippen molar-refractivity contribution in [2.75, 3.05) is 5.32 Å². The summed E-state index contributed by atoms with van der Waals surface area (Å²) in [6.07, 6.45) is -0.322. The molecule has 0 saturated carbocycles. The zero-order valence-electron chi connectivity index (χ0n) is 14.3. The van der Waals surface area contributed by atoms with E-state index in [1.54, 1.807) is 0 Å². The van der Waals surface area contributed by atoms with Gasteiger partial charge in [-0.15, -0.1) is 0 Å². The Labute approximate surface area is 147 Å². The summed E-state index contributed by atoms with van der Waals surface area (Å²) in [5.41, 5.74) is 3.82. The number of carbonyl (C=O) groups is 1. The average Bonchev–Trinajstić information content (AvgIpc) is 3.05. The molecular formula is C21H20N2O2. The lowest BCUT2D eigenvalue weighted by Crippen LogP contribution is -2.42. The second-order valence-electron chi connectivity index (χ2n) is 6.46. The summed E-state index contributed by atoms with van der Waals surface area (Å²) >= 11 is 0. The van der Waals surface area contributed by atoms with Crippen molar-refractivity contribution >= 4 is 11.6 Å². The summed E-state index contributed by atoms with van der Waals surface area (Å²) in [4.78, 5) is 14.9. The quantitative estimate of drug-likeness (QED) is 0.758. The van der Waals surface area contributed by atoms with Gasteiger partial charge in [0.25, 0.3) is 5.91 Å². The molecule has 0 fully saturated rings. The summed E-state index contributed by atoms with van der Waals surface area (Å²) in [7, 11) is 0. The zero-order chi connectivity index (χ0) is 17.4. The maximum Gasteiger partial charge on any atom is 0.258 e. The van der Waals surface area contributed by atoms with E-state index < -0.39 is 0 Å². The molecule has 0 saturated heterocycles. The Bertz CT molecular complexity index is 912. The number of anilines is 1. The highest BCUT2D eigenvalue weighted by molar-refractivity contribution is 6.01. The smallest absolute Gasteiger partial charge is 0.258 e. The lowest BCUT2D eigenvalue weighted by Gasteiger charge is -2.36. The number of rotatable bonds is 3. The third-order valence-corrected chi connectivity index (χ3v) is 4.53. The Morgan fingerprint density at radius 2 is 1.76 bits per heavy atom. The van der Waals surface area contributed by atoms with Crippen LogP contribution >= 0.6 is 0 Å². The lowest BCUT2D eigenvalue weighted by atomic mass is 10.0. The molecule has 0 bridgehead atoms. The molecule has 1 N–H and O–H groups in total. The first kappa shape index (κ1) is 15.5. The number of amides is 1.